The zero-order valence-electron chi connectivity index (χ0n) is 8.70. The third-order valence-corrected chi connectivity index (χ3v) is 3.39. The summed E-state index contributed by atoms with van der Waals surface area (Å²) in [6, 6.07) is 4.40. The molecular weight excluding hydrogens is 324 g/mol. The van der Waals surface area contributed by atoms with Gasteiger partial charge in [-0.1, -0.05) is 0 Å². The maximum atomic E-state index is 13.2. The lowest BCUT2D eigenvalue weighted by Gasteiger charge is -2.44. The van der Waals surface area contributed by atoms with Crippen molar-refractivity contribution in [2.75, 3.05) is 13.1 Å². The second kappa shape index (κ2) is 3.96. The molecule has 1 aromatic carbocycles. The molecule has 2 rings (SSSR count). The van der Waals surface area contributed by atoms with Crippen LogP contribution in [0.2, 0.25) is 0 Å². The first-order chi connectivity index (χ1) is 7.39. The number of amides is 1. The first-order valence-corrected chi connectivity index (χ1v) is 5.94. The van der Waals surface area contributed by atoms with Crippen LogP contribution in [0.3, 0.4) is 0 Å². The highest BCUT2D eigenvalue weighted by molar-refractivity contribution is 14.1. The van der Waals surface area contributed by atoms with Gasteiger partial charge in [-0.05, 0) is 47.7 Å². The second-order valence-electron chi connectivity index (χ2n) is 4.29. The summed E-state index contributed by atoms with van der Waals surface area (Å²) in [4.78, 5) is 13.3. The zero-order valence-corrected chi connectivity index (χ0v) is 10.9. The van der Waals surface area contributed by atoms with Crippen molar-refractivity contribution < 1.29 is 14.3 Å². The standard InChI is InChI=1S/C11H11FINO2/c1-11(16)5-14(6-11)10(15)7-2-3-9(13)8(12)4-7/h2-4,16H,5-6H2,1H3. The molecule has 1 aliphatic heterocycles. The maximum Gasteiger partial charge on any atom is 0.254 e. The van der Waals surface area contributed by atoms with Gasteiger partial charge in [0.15, 0.2) is 0 Å². The quantitative estimate of drug-likeness (QED) is 0.793. The van der Waals surface area contributed by atoms with E-state index in [2.05, 4.69) is 0 Å². The summed E-state index contributed by atoms with van der Waals surface area (Å²) in [5.74, 6) is -0.624. The minimum Gasteiger partial charge on any atom is -0.386 e. The van der Waals surface area contributed by atoms with Gasteiger partial charge in [0.2, 0.25) is 0 Å². The largest absolute Gasteiger partial charge is 0.386 e. The van der Waals surface area contributed by atoms with Crippen molar-refractivity contribution in [1.29, 1.82) is 0 Å². The molecule has 5 heteroatoms. The Labute approximate surface area is 106 Å². The van der Waals surface area contributed by atoms with Gasteiger partial charge in [0, 0.05) is 9.13 Å². The molecule has 1 aromatic rings. The fraction of sp³-hybridized carbons (Fsp3) is 0.364. The summed E-state index contributed by atoms with van der Waals surface area (Å²) >= 11 is 1.87. The predicted octanol–water partition coefficient (Wildman–Crippen LogP) is 1.64. The van der Waals surface area contributed by atoms with Gasteiger partial charge in [-0.3, -0.25) is 4.79 Å². The van der Waals surface area contributed by atoms with E-state index in [1.54, 1.807) is 19.1 Å². The van der Waals surface area contributed by atoms with E-state index in [4.69, 9.17) is 0 Å². The van der Waals surface area contributed by atoms with E-state index in [9.17, 15) is 14.3 Å². The highest BCUT2D eigenvalue weighted by atomic mass is 127. The van der Waals surface area contributed by atoms with E-state index in [0.717, 1.165) is 0 Å². The average Bonchev–Trinajstić information content (AvgIpc) is 2.17. The van der Waals surface area contributed by atoms with Crippen LogP contribution in [-0.2, 0) is 0 Å². The van der Waals surface area contributed by atoms with E-state index < -0.39 is 11.4 Å². The van der Waals surface area contributed by atoms with E-state index in [1.165, 1.54) is 11.0 Å². The highest BCUT2D eigenvalue weighted by Crippen LogP contribution is 2.23. The van der Waals surface area contributed by atoms with Gasteiger partial charge in [0.25, 0.3) is 5.91 Å². The molecule has 1 amide bonds. The Kier molecular flexibility index (Phi) is 2.91. The lowest BCUT2D eigenvalue weighted by atomic mass is 9.96. The Hall–Kier alpha value is -0.690. The number of nitrogens with zero attached hydrogens (tertiary/aromatic N) is 1. The third-order valence-electron chi connectivity index (χ3n) is 2.52. The number of likely N-dealkylation sites (tertiary alicyclic amines) is 1. The van der Waals surface area contributed by atoms with Crippen molar-refractivity contribution in [2.45, 2.75) is 12.5 Å². The second-order valence-corrected chi connectivity index (χ2v) is 5.45. The SMILES string of the molecule is CC1(O)CN(C(=O)c2ccc(I)c(F)c2)C1. The van der Waals surface area contributed by atoms with Crippen LogP contribution in [0.5, 0.6) is 0 Å². The molecular formula is C11H11FINO2. The highest BCUT2D eigenvalue weighted by Gasteiger charge is 2.39. The van der Waals surface area contributed by atoms with E-state index in [1.807, 2.05) is 22.6 Å². The minimum atomic E-state index is -0.794. The van der Waals surface area contributed by atoms with E-state index in [0.29, 0.717) is 22.2 Å². The number of rotatable bonds is 1. The third kappa shape index (κ3) is 2.20. The molecule has 0 spiro atoms. The molecule has 1 N–H and O–H groups in total. The molecule has 3 nitrogen and oxygen atoms in total. The normalized spacial score (nSPS) is 18.1. The maximum absolute atomic E-state index is 13.2. The van der Waals surface area contributed by atoms with E-state index in [-0.39, 0.29) is 5.91 Å². The van der Waals surface area contributed by atoms with Gasteiger partial charge in [0.05, 0.1) is 18.7 Å². The van der Waals surface area contributed by atoms with Crippen LogP contribution in [0, 0.1) is 9.39 Å². The zero-order chi connectivity index (χ0) is 11.9. The smallest absolute Gasteiger partial charge is 0.254 e. The molecule has 0 bridgehead atoms. The first-order valence-electron chi connectivity index (χ1n) is 4.86. The molecule has 0 radical (unpaired) electrons. The molecule has 0 atom stereocenters. The van der Waals surface area contributed by atoms with Crippen LogP contribution in [0.15, 0.2) is 18.2 Å². The molecule has 86 valence electrons. The summed E-state index contributed by atoms with van der Waals surface area (Å²) < 4.78 is 13.7. The minimum absolute atomic E-state index is 0.234. The van der Waals surface area contributed by atoms with E-state index >= 15 is 0 Å². The van der Waals surface area contributed by atoms with Gasteiger partial charge in [-0.2, -0.15) is 0 Å². The lowest BCUT2D eigenvalue weighted by Crippen LogP contribution is -2.61. The molecule has 0 saturated carbocycles. The van der Waals surface area contributed by atoms with Crippen LogP contribution in [0.25, 0.3) is 0 Å². The number of β-amino-alcohol motifs (C(OH)–C–C–N with tert-alkyl or cyclic N) is 1. The molecule has 16 heavy (non-hydrogen) atoms. The van der Waals surface area contributed by atoms with Crippen LogP contribution in [-0.4, -0.2) is 34.6 Å². The fourth-order valence-corrected chi connectivity index (χ4v) is 2.07. The number of hydrogen-bond donors (Lipinski definition) is 1. The Balaban J connectivity index is 2.13. The summed E-state index contributed by atoms with van der Waals surface area (Å²) in [5.41, 5.74) is -0.467. The Morgan fingerprint density at radius 3 is 2.69 bits per heavy atom. The van der Waals surface area contributed by atoms with Gasteiger partial charge >= 0.3 is 0 Å². The number of carbonyl (C=O) groups excluding carboxylic acids is 1. The number of benzene rings is 1. The molecule has 0 aliphatic carbocycles. The first kappa shape index (κ1) is 11.8. The van der Waals surface area contributed by atoms with Crippen LogP contribution in [0.4, 0.5) is 4.39 Å². The monoisotopic (exact) mass is 335 g/mol. The van der Waals surface area contributed by atoms with Crippen LogP contribution >= 0.6 is 22.6 Å². The molecule has 1 fully saturated rings. The van der Waals surface area contributed by atoms with Gasteiger partial charge in [-0.25, -0.2) is 4.39 Å². The number of aliphatic hydroxyl groups is 1. The van der Waals surface area contributed by atoms with Crippen molar-refractivity contribution >= 4 is 28.5 Å². The van der Waals surface area contributed by atoms with Crippen molar-refractivity contribution in [1.82, 2.24) is 4.90 Å². The van der Waals surface area contributed by atoms with Crippen molar-refractivity contribution in [3.8, 4) is 0 Å². The summed E-state index contributed by atoms with van der Waals surface area (Å²) in [5, 5.41) is 9.51. The van der Waals surface area contributed by atoms with Crippen molar-refractivity contribution in [3.63, 3.8) is 0 Å². The van der Waals surface area contributed by atoms with Crippen molar-refractivity contribution in [3.05, 3.63) is 33.1 Å². The fourth-order valence-electron chi connectivity index (χ4n) is 1.73. The number of carbonyl (C=O) groups is 1. The summed E-state index contributed by atoms with van der Waals surface area (Å²) in [6.07, 6.45) is 0. The van der Waals surface area contributed by atoms with Gasteiger partial charge < -0.3 is 10.0 Å². The Morgan fingerprint density at radius 1 is 1.56 bits per heavy atom. The molecule has 0 aromatic heterocycles. The number of halogens is 2. The molecule has 1 aliphatic rings. The Bertz CT molecular complexity index is 440. The summed E-state index contributed by atoms with van der Waals surface area (Å²) in [7, 11) is 0. The predicted molar refractivity (Wildman–Crippen MR) is 65.6 cm³/mol. The van der Waals surface area contributed by atoms with Crippen LogP contribution < -0.4 is 0 Å². The molecule has 1 saturated heterocycles. The van der Waals surface area contributed by atoms with Crippen LogP contribution in [0.1, 0.15) is 17.3 Å². The lowest BCUT2D eigenvalue weighted by molar-refractivity contribution is -0.0668. The topological polar surface area (TPSA) is 40.5 Å². The Morgan fingerprint density at radius 2 is 2.19 bits per heavy atom. The average molecular weight is 335 g/mol. The molecule has 1 heterocycles. The summed E-state index contributed by atoms with van der Waals surface area (Å²) in [6.45, 7) is 2.28. The van der Waals surface area contributed by atoms with Crippen molar-refractivity contribution in [2.24, 2.45) is 0 Å². The molecule has 0 unspecified atom stereocenters. The van der Waals surface area contributed by atoms with Gasteiger partial charge in [-0.15, -0.1) is 0 Å². The van der Waals surface area contributed by atoms with Gasteiger partial charge in [0.1, 0.15) is 5.82 Å². The number of hydrogen-bond acceptors (Lipinski definition) is 2.